The predicted molar refractivity (Wildman–Crippen MR) is 122 cm³/mol. The number of imide groups is 2. The van der Waals surface area contributed by atoms with Gasteiger partial charge in [-0.25, -0.2) is 9.69 Å². The number of aromatic hydroxyl groups is 1. The number of carbonyl (C=O) groups excluding carboxylic acids is 3. The van der Waals surface area contributed by atoms with Crippen LogP contribution >= 0.6 is 15.9 Å². The first-order valence-corrected chi connectivity index (χ1v) is 10.4. The van der Waals surface area contributed by atoms with Crippen molar-refractivity contribution in [3.63, 3.8) is 0 Å². The lowest BCUT2D eigenvalue weighted by Crippen LogP contribution is -2.54. The first kappa shape index (κ1) is 21.3. The maximum atomic E-state index is 12.9. The second kappa shape index (κ2) is 9.07. The topological polar surface area (TPSA) is 95.9 Å². The van der Waals surface area contributed by atoms with E-state index in [0.29, 0.717) is 22.4 Å². The number of hydrogen-bond acceptors (Lipinski definition) is 5. The number of phenols is 1. The Morgan fingerprint density at radius 3 is 2.38 bits per heavy atom. The molecule has 1 aliphatic rings. The molecule has 0 unspecified atom stereocenters. The van der Waals surface area contributed by atoms with Crippen LogP contribution in [0.5, 0.6) is 11.5 Å². The fourth-order valence-electron chi connectivity index (χ4n) is 3.12. The molecule has 32 heavy (non-hydrogen) atoms. The van der Waals surface area contributed by atoms with Crippen molar-refractivity contribution in [3.05, 3.63) is 94.0 Å². The van der Waals surface area contributed by atoms with Gasteiger partial charge in [-0.3, -0.25) is 14.9 Å². The van der Waals surface area contributed by atoms with Crippen LogP contribution in [0.25, 0.3) is 6.08 Å². The predicted octanol–water partition coefficient (Wildman–Crippen LogP) is 4.40. The van der Waals surface area contributed by atoms with Gasteiger partial charge in [0.15, 0.2) is 0 Å². The summed E-state index contributed by atoms with van der Waals surface area (Å²) in [6, 6.07) is 19.5. The second-order valence-electron chi connectivity index (χ2n) is 6.94. The summed E-state index contributed by atoms with van der Waals surface area (Å²) in [4.78, 5) is 38.4. The van der Waals surface area contributed by atoms with Crippen molar-refractivity contribution in [2.45, 2.75) is 6.61 Å². The van der Waals surface area contributed by atoms with Gasteiger partial charge in [0, 0.05) is 0 Å². The van der Waals surface area contributed by atoms with Gasteiger partial charge < -0.3 is 9.84 Å². The van der Waals surface area contributed by atoms with Crippen LogP contribution in [0.4, 0.5) is 10.5 Å². The van der Waals surface area contributed by atoms with Crippen LogP contribution < -0.4 is 15.0 Å². The maximum absolute atomic E-state index is 12.9. The zero-order valence-electron chi connectivity index (χ0n) is 16.6. The largest absolute Gasteiger partial charge is 0.508 e. The number of amides is 4. The molecule has 160 valence electrons. The molecule has 3 aromatic carbocycles. The summed E-state index contributed by atoms with van der Waals surface area (Å²) >= 11 is 3.45. The zero-order chi connectivity index (χ0) is 22.7. The van der Waals surface area contributed by atoms with Crippen LogP contribution in [-0.4, -0.2) is 23.0 Å². The van der Waals surface area contributed by atoms with Gasteiger partial charge in [-0.05, 0) is 69.5 Å². The Balaban J connectivity index is 1.57. The lowest BCUT2D eigenvalue weighted by molar-refractivity contribution is -0.122. The van der Waals surface area contributed by atoms with Gasteiger partial charge in [-0.15, -0.1) is 0 Å². The summed E-state index contributed by atoms with van der Waals surface area (Å²) in [7, 11) is 0. The highest BCUT2D eigenvalue weighted by Crippen LogP contribution is 2.29. The molecule has 0 aromatic heterocycles. The van der Waals surface area contributed by atoms with Gasteiger partial charge in [-0.1, -0.05) is 36.4 Å². The molecule has 0 radical (unpaired) electrons. The number of hydrogen-bond donors (Lipinski definition) is 2. The average molecular weight is 493 g/mol. The van der Waals surface area contributed by atoms with Crippen LogP contribution in [0.3, 0.4) is 0 Å². The van der Waals surface area contributed by atoms with Gasteiger partial charge in [0.1, 0.15) is 23.7 Å². The lowest BCUT2D eigenvalue weighted by atomic mass is 10.1. The van der Waals surface area contributed by atoms with Crippen LogP contribution in [-0.2, 0) is 16.2 Å². The molecule has 1 fully saturated rings. The normalized spacial score (nSPS) is 15.1. The Morgan fingerprint density at radius 1 is 0.969 bits per heavy atom. The Hall–Kier alpha value is -3.91. The first-order valence-electron chi connectivity index (χ1n) is 9.59. The third-order valence-corrected chi connectivity index (χ3v) is 5.33. The molecule has 0 bridgehead atoms. The van der Waals surface area contributed by atoms with Crippen molar-refractivity contribution in [3.8, 4) is 11.5 Å². The third kappa shape index (κ3) is 4.55. The van der Waals surface area contributed by atoms with Gasteiger partial charge >= 0.3 is 6.03 Å². The number of urea groups is 1. The monoisotopic (exact) mass is 492 g/mol. The van der Waals surface area contributed by atoms with Crippen LogP contribution in [0.15, 0.2) is 82.8 Å². The Bertz CT molecular complexity index is 1220. The average Bonchev–Trinajstić information content (AvgIpc) is 2.78. The minimum Gasteiger partial charge on any atom is -0.508 e. The molecule has 0 saturated carbocycles. The Kier molecular flexibility index (Phi) is 6.04. The number of nitrogens with one attached hydrogen (secondary N) is 1. The fraction of sp³-hybridized carbons (Fsp3) is 0.0417. The van der Waals surface area contributed by atoms with Gasteiger partial charge in [0.2, 0.25) is 0 Å². The molecule has 0 spiro atoms. The van der Waals surface area contributed by atoms with Crippen molar-refractivity contribution < 1.29 is 24.2 Å². The molecule has 7 nitrogen and oxygen atoms in total. The number of halogens is 1. The number of barbiturate groups is 1. The summed E-state index contributed by atoms with van der Waals surface area (Å²) < 4.78 is 6.47. The van der Waals surface area contributed by atoms with E-state index in [0.717, 1.165) is 10.5 Å². The minimum atomic E-state index is -0.853. The molecule has 4 amide bonds. The van der Waals surface area contributed by atoms with E-state index in [9.17, 15) is 19.5 Å². The van der Waals surface area contributed by atoms with Crippen molar-refractivity contribution in [1.82, 2.24) is 5.32 Å². The molecular formula is C24H17BrN2O5. The molecule has 2 N–H and O–H groups in total. The summed E-state index contributed by atoms with van der Waals surface area (Å²) in [5.74, 6) is -0.943. The number of carbonyl (C=O) groups is 3. The molecule has 1 heterocycles. The molecule has 4 rings (SSSR count). The Labute approximate surface area is 192 Å². The quantitative estimate of drug-likeness (QED) is 0.406. The van der Waals surface area contributed by atoms with Crippen LogP contribution in [0.1, 0.15) is 11.1 Å². The van der Waals surface area contributed by atoms with Gasteiger partial charge in [0.05, 0.1) is 10.2 Å². The highest BCUT2D eigenvalue weighted by Gasteiger charge is 2.36. The van der Waals surface area contributed by atoms with Crippen LogP contribution in [0.2, 0.25) is 0 Å². The van der Waals surface area contributed by atoms with E-state index in [1.807, 2.05) is 30.3 Å². The molecule has 8 heteroatoms. The van der Waals surface area contributed by atoms with E-state index >= 15 is 0 Å². The van der Waals surface area contributed by atoms with Crippen molar-refractivity contribution in [2.24, 2.45) is 0 Å². The van der Waals surface area contributed by atoms with E-state index in [1.54, 1.807) is 18.2 Å². The molecule has 1 saturated heterocycles. The molecular weight excluding hydrogens is 476 g/mol. The number of ether oxygens (including phenoxy) is 1. The Morgan fingerprint density at radius 2 is 1.69 bits per heavy atom. The number of phenolic OH excluding ortho intramolecular Hbond substituents is 1. The summed E-state index contributed by atoms with van der Waals surface area (Å²) in [5, 5.41) is 11.6. The highest BCUT2D eigenvalue weighted by molar-refractivity contribution is 9.10. The van der Waals surface area contributed by atoms with Gasteiger partial charge in [-0.2, -0.15) is 0 Å². The minimum absolute atomic E-state index is 0.00937. The van der Waals surface area contributed by atoms with Crippen molar-refractivity contribution in [1.29, 1.82) is 0 Å². The molecule has 3 aromatic rings. The third-order valence-electron chi connectivity index (χ3n) is 4.71. The maximum Gasteiger partial charge on any atom is 0.335 e. The number of anilines is 1. The lowest BCUT2D eigenvalue weighted by Gasteiger charge is -2.26. The smallest absolute Gasteiger partial charge is 0.335 e. The first-order chi connectivity index (χ1) is 15.4. The fourth-order valence-corrected chi connectivity index (χ4v) is 3.63. The van der Waals surface area contributed by atoms with E-state index in [2.05, 4.69) is 21.2 Å². The van der Waals surface area contributed by atoms with Gasteiger partial charge in [0.25, 0.3) is 11.8 Å². The highest BCUT2D eigenvalue weighted by atomic mass is 79.9. The second-order valence-corrected chi connectivity index (χ2v) is 7.79. The zero-order valence-corrected chi connectivity index (χ0v) is 18.2. The SMILES string of the molecule is O=C1NC(=O)N(c2ccc(O)cc2)C(=O)C1=Cc1ccc(OCc2ccccc2)c(Br)c1. The standard InChI is InChI=1S/C24H17BrN2O5/c25-20-13-16(6-11-21(20)32-14-15-4-2-1-3-5-15)12-19-22(29)26-24(31)27(23(19)30)17-7-9-18(28)10-8-17/h1-13,28H,14H2,(H,26,29,31). The summed E-state index contributed by atoms with van der Waals surface area (Å²) in [5.41, 5.74) is 1.63. The van der Waals surface area contributed by atoms with E-state index in [1.165, 1.54) is 30.3 Å². The number of benzene rings is 3. The van der Waals surface area contributed by atoms with E-state index < -0.39 is 17.8 Å². The van der Waals surface area contributed by atoms with Crippen LogP contribution in [0, 0.1) is 0 Å². The molecule has 0 aliphatic carbocycles. The molecule has 1 aliphatic heterocycles. The van der Waals surface area contributed by atoms with E-state index in [4.69, 9.17) is 4.74 Å². The van der Waals surface area contributed by atoms with E-state index in [-0.39, 0.29) is 17.0 Å². The summed E-state index contributed by atoms with van der Waals surface area (Å²) in [6.45, 7) is 0.393. The molecule has 0 atom stereocenters. The van der Waals surface area contributed by atoms with Crippen molar-refractivity contribution in [2.75, 3.05) is 4.90 Å². The summed E-state index contributed by atoms with van der Waals surface area (Å²) in [6.07, 6.45) is 1.41. The van der Waals surface area contributed by atoms with Crippen molar-refractivity contribution >= 4 is 45.5 Å². The number of rotatable bonds is 5. The number of nitrogens with zero attached hydrogens (tertiary/aromatic N) is 1.